The van der Waals surface area contributed by atoms with Crippen molar-refractivity contribution in [3.05, 3.63) is 47.8 Å². The van der Waals surface area contributed by atoms with E-state index in [4.69, 9.17) is 4.74 Å². The Balaban J connectivity index is 1.96. The van der Waals surface area contributed by atoms with E-state index in [0.717, 1.165) is 16.9 Å². The molecule has 0 fully saturated rings. The molecule has 18 heavy (non-hydrogen) atoms. The van der Waals surface area contributed by atoms with Gasteiger partial charge in [-0.3, -0.25) is 4.68 Å². The van der Waals surface area contributed by atoms with E-state index in [0.29, 0.717) is 12.8 Å². The van der Waals surface area contributed by atoms with Gasteiger partial charge < -0.3 is 9.84 Å². The third-order valence-corrected chi connectivity index (χ3v) is 2.84. The smallest absolute Gasteiger partial charge is 0.119 e. The standard InChI is InChI=1S/C14H18N2O2/c1-16-10-12(9-15-16)7-13(17)6-11-4-3-5-14(8-11)18-2/h3-5,8-10,13,17H,6-7H2,1-2H3. The van der Waals surface area contributed by atoms with E-state index in [2.05, 4.69) is 5.10 Å². The minimum Gasteiger partial charge on any atom is -0.497 e. The van der Waals surface area contributed by atoms with E-state index in [1.54, 1.807) is 18.0 Å². The molecule has 0 saturated heterocycles. The van der Waals surface area contributed by atoms with Crippen LogP contribution in [0.25, 0.3) is 0 Å². The number of hydrogen-bond acceptors (Lipinski definition) is 3. The molecule has 0 bridgehead atoms. The first kappa shape index (κ1) is 12.6. The Morgan fingerprint density at radius 2 is 2.11 bits per heavy atom. The Bertz CT molecular complexity index is 508. The van der Waals surface area contributed by atoms with Crippen LogP contribution in [-0.4, -0.2) is 28.1 Å². The summed E-state index contributed by atoms with van der Waals surface area (Å²) in [6.07, 6.45) is 4.54. The molecule has 0 radical (unpaired) electrons. The van der Waals surface area contributed by atoms with Gasteiger partial charge in [0.15, 0.2) is 0 Å². The number of benzene rings is 1. The average molecular weight is 246 g/mol. The van der Waals surface area contributed by atoms with Gasteiger partial charge in [-0.15, -0.1) is 0 Å². The van der Waals surface area contributed by atoms with Crippen LogP contribution in [0.15, 0.2) is 36.7 Å². The fraction of sp³-hybridized carbons (Fsp3) is 0.357. The van der Waals surface area contributed by atoms with Crippen LogP contribution in [0.1, 0.15) is 11.1 Å². The molecule has 1 unspecified atom stereocenters. The zero-order valence-corrected chi connectivity index (χ0v) is 10.7. The number of rotatable bonds is 5. The molecule has 0 aliphatic heterocycles. The second-order valence-corrected chi connectivity index (χ2v) is 4.44. The Morgan fingerprint density at radius 3 is 2.78 bits per heavy atom. The molecule has 1 aromatic carbocycles. The summed E-state index contributed by atoms with van der Waals surface area (Å²) in [6, 6.07) is 7.78. The molecular weight excluding hydrogens is 228 g/mol. The monoisotopic (exact) mass is 246 g/mol. The SMILES string of the molecule is COc1cccc(CC(O)Cc2cnn(C)c2)c1. The van der Waals surface area contributed by atoms with E-state index in [-0.39, 0.29) is 0 Å². The van der Waals surface area contributed by atoms with Crippen molar-refractivity contribution in [2.24, 2.45) is 7.05 Å². The summed E-state index contributed by atoms with van der Waals surface area (Å²) in [5, 5.41) is 14.1. The van der Waals surface area contributed by atoms with Crippen LogP contribution in [0.3, 0.4) is 0 Å². The molecule has 1 N–H and O–H groups in total. The van der Waals surface area contributed by atoms with E-state index in [9.17, 15) is 5.11 Å². The highest BCUT2D eigenvalue weighted by Gasteiger charge is 2.08. The van der Waals surface area contributed by atoms with Gasteiger partial charge in [-0.25, -0.2) is 0 Å². The van der Waals surface area contributed by atoms with E-state index in [1.165, 1.54) is 0 Å². The molecule has 0 spiro atoms. The maximum atomic E-state index is 10.1. The van der Waals surface area contributed by atoms with Crippen LogP contribution in [0.4, 0.5) is 0 Å². The molecule has 1 atom stereocenters. The van der Waals surface area contributed by atoms with Gasteiger partial charge in [0.05, 0.1) is 19.4 Å². The molecule has 4 heteroatoms. The van der Waals surface area contributed by atoms with Crippen molar-refractivity contribution in [1.29, 1.82) is 0 Å². The molecule has 0 saturated carbocycles. The largest absolute Gasteiger partial charge is 0.497 e. The fourth-order valence-corrected chi connectivity index (χ4v) is 1.99. The Hall–Kier alpha value is -1.81. The number of aliphatic hydroxyl groups excluding tert-OH is 1. The van der Waals surface area contributed by atoms with Crippen molar-refractivity contribution >= 4 is 0 Å². The molecule has 96 valence electrons. The zero-order chi connectivity index (χ0) is 13.0. The number of nitrogens with zero attached hydrogens (tertiary/aromatic N) is 2. The topological polar surface area (TPSA) is 47.3 Å². The van der Waals surface area contributed by atoms with Gasteiger partial charge in [0.2, 0.25) is 0 Å². The van der Waals surface area contributed by atoms with Crippen molar-refractivity contribution in [3.8, 4) is 5.75 Å². The maximum absolute atomic E-state index is 10.1. The van der Waals surface area contributed by atoms with Gasteiger partial charge in [-0.1, -0.05) is 12.1 Å². The summed E-state index contributed by atoms with van der Waals surface area (Å²) in [5.74, 6) is 0.820. The van der Waals surface area contributed by atoms with Crippen molar-refractivity contribution in [3.63, 3.8) is 0 Å². The second kappa shape index (κ2) is 5.69. The summed E-state index contributed by atoms with van der Waals surface area (Å²) in [6.45, 7) is 0. The minimum atomic E-state index is -0.402. The van der Waals surface area contributed by atoms with E-state index >= 15 is 0 Å². The molecule has 1 heterocycles. The molecule has 4 nitrogen and oxygen atoms in total. The summed E-state index contributed by atoms with van der Waals surface area (Å²) in [5.41, 5.74) is 2.12. The number of ether oxygens (including phenoxy) is 1. The van der Waals surface area contributed by atoms with Crippen LogP contribution in [0.2, 0.25) is 0 Å². The third kappa shape index (κ3) is 3.34. The van der Waals surface area contributed by atoms with Gasteiger partial charge in [0.25, 0.3) is 0 Å². The van der Waals surface area contributed by atoms with Crippen LogP contribution in [0.5, 0.6) is 5.75 Å². The van der Waals surface area contributed by atoms with E-state index in [1.807, 2.05) is 37.5 Å². The molecule has 0 amide bonds. The van der Waals surface area contributed by atoms with Crippen molar-refractivity contribution in [2.45, 2.75) is 18.9 Å². The average Bonchev–Trinajstić information content (AvgIpc) is 2.74. The number of aryl methyl sites for hydroxylation is 1. The summed E-state index contributed by atoms with van der Waals surface area (Å²) in [7, 11) is 3.52. The van der Waals surface area contributed by atoms with Gasteiger partial charge >= 0.3 is 0 Å². The molecule has 0 aliphatic rings. The Morgan fingerprint density at radius 1 is 1.33 bits per heavy atom. The van der Waals surface area contributed by atoms with E-state index < -0.39 is 6.10 Å². The summed E-state index contributed by atoms with van der Waals surface area (Å²) < 4.78 is 6.91. The molecular formula is C14H18N2O2. The lowest BCUT2D eigenvalue weighted by Crippen LogP contribution is -2.13. The van der Waals surface area contributed by atoms with Crippen LogP contribution < -0.4 is 4.74 Å². The highest BCUT2D eigenvalue weighted by molar-refractivity contribution is 5.29. The minimum absolute atomic E-state index is 0.402. The second-order valence-electron chi connectivity index (χ2n) is 4.44. The first-order valence-corrected chi connectivity index (χ1v) is 5.96. The number of aliphatic hydroxyl groups is 1. The lowest BCUT2D eigenvalue weighted by atomic mass is 10.0. The van der Waals surface area contributed by atoms with Crippen LogP contribution in [-0.2, 0) is 19.9 Å². The number of aromatic nitrogens is 2. The lowest BCUT2D eigenvalue weighted by Gasteiger charge is -2.10. The zero-order valence-electron chi connectivity index (χ0n) is 10.7. The highest BCUT2D eigenvalue weighted by atomic mass is 16.5. The normalized spacial score (nSPS) is 12.4. The van der Waals surface area contributed by atoms with Crippen molar-refractivity contribution in [2.75, 3.05) is 7.11 Å². The molecule has 0 aliphatic carbocycles. The number of hydrogen-bond donors (Lipinski definition) is 1. The Labute approximate surface area is 107 Å². The van der Waals surface area contributed by atoms with Gasteiger partial charge in [-0.05, 0) is 29.7 Å². The molecule has 2 aromatic rings. The first-order chi connectivity index (χ1) is 8.67. The summed E-state index contributed by atoms with van der Waals surface area (Å²) in [4.78, 5) is 0. The van der Waals surface area contributed by atoms with Crippen molar-refractivity contribution in [1.82, 2.24) is 9.78 Å². The summed E-state index contributed by atoms with van der Waals surface area (Å²) >= 11 is 0. The lowest BCUT2D eigenvalue weighted by molar-refractivity contribution is 0.175. The van der Waals surface area contributed by atoms with Gasteiger partial charge in [0, 0.05) is 19.7 Å². The number of methoxy groups -OCH3 is 1. The van der Waals surface area contributed by atoms with Gasteiger partial charge in [0.1, 0.15) is 5.75 Å². The van der Waals surface area contributed by atoms with Crippen molar-refractivity contribution < 1.29 is 9.84 Å². The van der Waals surface area contributed by atoms with Crippen LogP contribution >= 0.6 is 0 Å². The maximum Gasteiger partial charge on any atom is 0.119 e. The predicted octanol–water partition coefficient (Wildman–Crippen LogP) is 1.57. The molecule has 1 aromatic heterocycles. The van der Waals surface area contributed by atoms with Gasteiger partial charge in [-0.2, -0.15) is 5.10 Å². The first-order valence-electron chi connectivity index (χ1n) is 5.96. The fourth-order valence-electron chi connectivity index (χ4n) is 1.99. The van der Waals surface area contributed by atoms with Crippen LogP contribution in [0, 0.1) is 0 Å². The quantitative estimate of drug-likeness (QED) is 0.871. The third-order valence-electron chi connectivity index (χ3n) is 2.84. The molecule has 2 rings (SSSR count). The highest BCUT2D eigenvalue weighted by Crippen LogP contribution is 2.15. The predicted molar refractivity (Wildman–Crippen MR) is 69.6 cm³/mol. The Kier molecular flexibility index (Phi) is 3.99.